The normalized spacial score (nSPS) is 9.94. The Kier molecular flexibility index (Phi) is 3.30. The van der Waals surface area contributed by atoms with Crippen LogP contribution in [-0.2, 0) is 0 Å². The smallest absolute Gasteiger partial charge is 0.176 e. The van der Waals surface area contributed by atoms with E-state index in [2.05, 4.69) is 5.48 Å². The highest BCUT2D eigenvalue weighted by atomic mass is 32.1. The van der Waals surface area contributed by atoms with Gasteiger partial charge >= 0.3 is 0 Å². The first kappa shape index (κ1) is 11.5. The van der Waals surface area contributed by atoms with E-state index < -0.39 is 0 Å². The molecule has 0 saturated heterocycles. The summed E-state index contributed by atoms with van der Waals surface area (Å²) in [6.45, 7) is 1.89. The van der Waals surface area contributed by atoms with Crippen molar-refractivity contribution in [3.63, 3.8) is 0 Å². The lowest BCUT2D eigenvalue weighted by Crippen LogP contribution is -2.06. The van der Waals surface area contributed by atoms with E-state index in [1.807, 2.05) is 6.92 Å². The number of phenolic OH excluding ortho intramolecular Hbond substituents is 1. The molecule has 0 amide bonds. The Bertz CT molecular complexity index is 536. The fourth-order valence-corrected chi connectivity index (χ4v) is 1.93. The number of benzene rings is 1. The molecule has 0 aliphatic heterocycles. The summed E-state index contributed by atoms with van der Waals surface area (Å²) in [6, 6.07) is 6.64. The molecule has 2 rings (SSSR count). The zero-order valence-corrected chi connectivity index (χ0v) is 9.95. The van der Waals surface area contributed by atoms with Crippen molar-refractivity contribution in [1.29, 1.82) is 0 Å². The number of thiophene rings is 1. The second-order valence-corrected chi connectivity index (χ2v) is 4.42. The number of aromatic hydroxyl groups is 1. The summed E-state index contributed by atoms with van der Waals surface area (Å²) in [5.74, 6) is 0.635. The number of carbonyl (C=O) groups excluding carboxylic acids is 1. The number of aldehydes is 1. The number of phenols is 1. The van der Waals surface area contributed by atoms with Crippen LogP contribution in [0.5, 0.6) is 11.5 Å². The summed E-state index contributed by atoms with van der Waals surface area (Å²) in [5, 5.41) is 11.1. The van der Waals surface area contributed by atoms with Crippen LogP contribution < -0.4 is 10.3 Å². The van der Waals surface area contributed by atoms with Crippen molar-refractivity contribution in [1.82, 2.24) is 0 Å². The van der Waals surface area contributed by atoms with Crippen molar-refractivity contribution in [3.05, 3.63) is 40.1 Å². The van der Waals surface area contributed by atoms with Crippen LogP contribution in [0.2, 0.25) is 0 Å². The van der Waals surface area contributed by atoms with E-state index >= 15 is 0 Å². The molecule has 0 bridgehead atoms. The molecule has 1 aromatic heterocycles. The molecule has 1 heterocycles. The minimum Gasteiger partial charge on any atom is -0.508 e. The number of rotatable bonds is 4. The van der Waals surface area contributed by atoms with Crippen LogP contribution in [0.3, 0.4) is 0 Å². The first-order chi connectivity index (χ1) is 8.20. The SMILES string of the molecule is Cc1ccc(O)cc1NOc1ccsc1C=O. The third-order valence-electron chi connectivity index (χ3n) is 2.26. The molecular formula is C12H11NO3S. The Morgan fingerprint density at radius 2 is 2.24 bits per heavy atom. The minimum atomic E-state index is 0.155. The molecule has 88 valence electrons. The third kappa shape index (κ3) is 2.57. The fourth-order valence-electron chi connectivity index (χ4n) is 1.31. The van der Waals surface area contributed by atoms with E-state index in [9.17, 15) is 9.90 Å². The van der Waals surface area contributed by atoms with Gasteiger partial charge < -0.3 is 9.94 Å². The molecule has 2 N–H and O–H groups in total. The van der Waals surface area contributed by atoms with Crippen molar-refractivity contribution in [2.45, 2.75) is 6.92 Å². The average Bonchev–Trinajstić information content (AvgIpc) is 2.77. The number of hydrogen-bond donors (Lipinski definition) is 2. The first-order valence-electron chi connectivity index (χ1n) is 4.96. The monoisotopic (exact) mass is 249 g/mol. The van der Waals surface area contributed by atoms with Gasteiger partial charge in [-0.05, 0) is 30.0 Å². The number of hydrogen-bond acceptors (Lipinski definition) is 5. The summed E-state index contributed by atoms with van der Waals surface area (Å²) in [4.78, 5) is 16.5. The van der Waals surface area contributed by atoms with Crippen molar-refractivity contribution >= 4 is 23.3 Å². The van der Waals surface area contributed by atoms with E-state index in [-0.39, 0.29) is 5.75 Å². The Morgan fingerprint density at radius 3 is 3.00 bits per heavy atom. The van der Waals surface area contributed by atoms with Gasteiger partial charge in [-0.15, -0.1) is 11.3 Å². The Hall–Kier alpha value is -2.01. The first-order valence-corrected chi connectivity index (χ1v) is 5.84. The van der Waals surface area contributed by atoms with E-state index in [1.165, 1.54) is 11.3 Å². The van der Waals surface area contributed by atoms with Gasteiger partial charge in [0.1, 0.15) is 10.6 Å². The van der Waals surface area contributed by atoms with Crippen LogP contribution >= 0.6 is 11.3 Å². The van der Waals surface area contributed by atoms with Crippen molar-refractivity contribution < 1.29 is 14.7 Å². The topological polar surface area (TPSA) is 58.6 Å². The maximum Gasteiger partial charge on any atom is 0.176 e. The highest BCUT2D eigenvalue weighted by Crippen LogP contribution is 2.25. The van der Waals surface area contributed by atoms with Gasteiger partial charge in [0, 0.05) is 6.07 Å². The lowest BCUT2D eigenvalue weighted by atomic mass is 10.2. The Morgan fingerprint density at radius 1 is 1.41 bits per heavy atom. The molecule has 0 aliphatic rings. The molecule has 0 atom stereocenters. The van der Waals surface area contributed by atoms with E-state index in [0.29, 0.717) is 16.3 Å². The van der Waals surface area contributed by atoms with E-state index in [0.717, 1.165) is 11.8 Å². The highest BCUT2D eigenvalue weighted by Gasteiger charge is 2.06. The van der Waals surface area contributed by atoms with E-state index in [4.69, 9.17) is 4.84 Å². The number of anilines is 1. The molecular weight excluding hydrogens is 238 g/mol. The van der Waals surface area contributed by atoms with Gasteiger partial charge in [0.15, 0.2) is 12.0 Å². The van der Waals surface area contributed by atoms with Gasteiger partial charge in [-0.3, -0.25) is 4.79 Å². The Balaban J connectivity index is 2.12. The number of aryl methyl sites for hydroxylation is 1. The van der Waals surface area contributed by atoms with Gasteiger partial charge in [-0.2, -0.15) is 0 Å². The predicted molar refractivity (Wildman–Crippen MR) is 66.8 cm³/mol. The minimum absolute atomic E-state index is 0.155. The molecule has 0 fully saturated rings. The van der Waals surface area contributed by atoms with Gasteiger partial charge in [0.05, 0.1) is 5.69 Å². The van der Waals surface area contributed by atoms with Gasteiger partial charge in [-0.1, -0.05) is 6.07 Å². The quantitative estimate of drug-likeness (QED) is 0.646. The largest absolute Gasteiger partial charge is 0.508 e. The summed E-state index contributed by atoms with van der Waals surface area (Å²) in [5.41, 5.74) is 4.31. The Labute approximate surface area is 102 Å². The number of nitrogens with one attached hydrogen (secondary N) is 1. The van der Waals surface area contributed by atoms with Crippen LogP contribution in [0.25, 0.3) is 0 Å². The summed E-state index contributed by atoms with van der Waals surface area (Å²) >= 11 is 1.31. The molecule has 5 heteroatoms. The lowest BCUT2D eigenvalue weighted by Gasteiger charge is -2.10. The summed E-state index contributed by atoms with van der Waals surface area (Å²) in [6.07, 6.45) is 0.747. The van der Waals surface area contributed by atoms with E-state index in [1.54, 1.807) is 29.6 Å². The van der Waals surface area contributed by atoms with Crippen LogP contribution in [0.1, 0.15) is 15.2 Å². The van der Waals surface area contributed by atoms with Crippen molar-refractivity contribution in [2.75, 3.05) is 5.48 Å². The predicted octanol–water partition coefficient (Wildman–Crippen LogP) is 2.98. The zero-order valence-electron chi connectivity index (χ0n) is 9.14. The summed E-state index contributed by atoms with van der Waals surface area (Å²) < 4.78 is 0. The van der Waals surface area contributed by atoms with Crippen molar-refractivity contribution in [3.8, 4) is 11.5 Å². The molecule has 0 radical (unpaired) electrons. The van der Waals surface area contributed by atoms with Gasteiger partial charge in [0.25, 0.3) is 0 Å². The van der Waals surface area contributed by atoms with Crippen LogP contribution in [0.4, 0.5) is 5.69 Å². The van der Waals surface area contributed by atoms with Gasteiger partial charge in [-0.25, -0.2) is 5.48 Å². The second kappa shape index (κ2) is 4.88. The maximum atomic E-state index is 10.7. The molecule has 0 spiro atoms. The highest BCUT2D eigenvalue weighted by molar-refractivity contribution is 7.12. The molecule has 4 nitrogen and oxygen atoms in total. The van der Waals surface area contributed by atoms with Gasteiger partial charge in [0.2, 0.25) is 0 Å². The van der Waals surface area contributed by atoms with Crippen molar-refractivity contribution in [2.24, 2.45) is 0 Å². The second-order valence-electron chi connectivity index (χ2n) is 3.47. The molecule has 0 unspecified atom stereocenters. The molecule has 2 aromatic rings. The van der Waals surface area contributed by atoms with Crippen LogP contribution in [-0.4, -0.2) is 11.4 Å². The van der Waals surface area contributed by atoms with Crippen LogP contribution in [0, 0.1) is 6.92 Å². The molecule has 17 heavy (non-hydrogen) atoms. The maximum absolute atomic E-state index is 10.7. The average molecular weight is 249 g/mol. The summed E-state index contributed by atoms with van der Waals surface area (Å²) in [7, 11) is 0. The zero-order chi connectivity index (χ0) is 12.3. The number of carbonyl (C=O) groups is 1. The molecule has 0 aliphatic carbocycles. The van der Waals surface area contributed by atoms with Crippen LogP contribution in [0.15, 0.2) is 29.6 Å². The lowest BCUT2D eigenvalue weighted by molar-refractivity contribution is 0.112. The molecule has 1 aromatic carbocycles. The third-order valence-corrected chi connectivity index (χ3v) is 3.08. The standard InChI is InChI=1S/C12H11NO3S/c1-8-2-3-9(15)6-10(8)13-16-11-4-5-17-12(11)7-14/h2-7,13,15H,1H3. The fraction of sp³-hybridized carbons (Fsp3) is 0.0833. The molecule has 0 saturated carbocycles.